The summed E-state index contributed by atoms with van der Waals surface area (Å²) < 4.78 is 5.79. The first kappa shape index (κ1) is 28.3. The highest BCUT2D eigenvalue weighted by Gasteiger charge is 2.34. The van der Waals surface area contributed by atoms with Crippen molar-refractivity contribution in [3.05, 3.63) is 11.3 Å². The quantitative estimate of drug-likeness (QED) is 0.337. The van der Waals surface area contributed by atoms with E-state index < -0.39 is 0 Å². The normalized spacial score (nSPS) is 27.6. The lowest BCUT2D eigenvalue weighted by Gasteiger charge is -2.37. The van der Waals surface area contributed by atoms with Crippen LogP contribution >= 0.6 is 12.1 Å². The van der Waals surface area contributed by atoms with Gasteiger partial charge in [0.1, 0.15) is 0 Å². The molecule has 4 unspecified atom stereocenters. The third-order valence-corrected chi connectivity index (χ3v) is 7.58. The maximum absolute atomic E-state index is 8.58. The number of carbonyl (C=O) groups excluding carboxylic acids is 1. The third-order valence-electron chi connectivity index (χ3n) is 6.77. The summed E-state index contributed by atoms with van der Waals surface area (Å²) in [5, 5.41) is 3.97. The van der Waals surface area contributed by atoms with Crippen molar-refractivity contribution >= 4 is 18.5 Å². The first-order valence-corrected chi connectivity index (χ1v) is 13.2. The van der Waals surface area contributed by atoms with Crippen molar-refractivity contribution in [1.29, 1.82) is 0 Å². The number of amides is 1. The molecule has 0 heterocycles. The van der Waals surface area contributed by atoms with Gasteiger partial charge in [0.15, 0.2) is 0 Å². The average Bonchev–Trinajstić information content (AvgIpc) is 3.21. The molecule has 0 aliphatic heterocycles. The molecular formula is C24H49N5OS. The standard InChI is InChI=1S/C21H40N4S.C2H6.CH3NO/c1-15-8-7-11-18(15)21(22)19-14-17(24-26-25(2)3)12-13-20(19)23-16-9-5-4-6-10-16;1-2;2-1-3/h15-18,21,23-24H,4-14,22H2,1-3H3;1-2H3;1H,(H2,2,3). The van der Waals surface area contributed by atoms with Crippen LogP contribution in [0.4, 0.5) is 0 Å². The molecule has 7 heteroatoms. The second-order valence-corrected chi connectivity index (χ2v) is 10.3. The van der Waals surface area contributed by atoms with Gasteiger partial charge in [-0.05, 0) is 70.0 Å². The maximum Gasteiger partial charge on any atom is 0.204 e. The largest absolute Gasteiger partial charge is 0.386 e. The molecule has 3 aliphatic carbocycles. The van der Waals surface area contributed by atoms with Gasteiger partial charge in [0.25, 0.3) is 0 Å². The highest BCUT2D eigenvalue weighted by Crippen LogP contribution is 2.39. The minimum Gasteiger partial charge on any atom is -0.386 e. The number of hydrogen-bond donors (Lipinski definition) is 4. The lowest BCUT2D eigenvalue weighted by atomic mass is 9.79. The van der Waals surface area contributed by atoms with Gasteiger partial charge in [-0.25, -0.2) is 9.03 Å². The number of primary amides is 1. The molecule has 0 spiro atoms. The lowest BCUT2D eigenvalue weighted by molar-refractivity contribution is -0.106. The SMILES string of the molecule is CC.CC1CCCC1C(N)C1=C(NC2CCCCC2)CCC(NSN(C)C)C1.NC=O. The van der Waals surface area contributed by atoms with Crippen LogP contribution in [0.25, 0.3) is 0 Å². The van der Waals surface area contributed by atoms with Crippen LogP contribution in [0.1, 0.15) is 91.4 Å². The summed E-state index contributed by atoms with van der Waals surface area (Å²) in [5.41, 5.74) is 14.1. The first-order chi connectivity index (χ1) is 15.0. The predicted octanol–water partition coefficient (Wildman–Crippen LogP) is 4.32. The monoisotopic (exact) mass is 455 g/mol. The summed E-state index contributed by atoms with van der Waals surface area (Å²) in [6, 6.07) is 1.47. The zero-order valence-electron chi connectivity index (χ0n) is 20.7. The molecule has 31 heavy (non-hydrogen) atoms. The minimum atomic E-state index is 0.243. The summed E-state index contributed by atoms with van der Waals surface area (Å²) in [5.74, 6) is 1.45. The Balaban J connectivity index is 0.000000884. The lowest BCUT2D eigenvalue weighted by Crippen LogP contribution is -2.43. The summed E-state index contributed by atoms with van der Waals surface area (Å²) in [4.78, 5) is 8.58. The van der Waals surface area contributed by atoms with Crippen LogP contribution in [0.15, 0.2) is 11.3 Å². The van der Waals surface area contributed by atoms with Crippen LogP contribution < -0.4 is 21.5 Å². The molecule has 3 aliphatic rings. The Hall–Kier alpha value is -0.760. The summed E-state index contributed by atoms with van der Waals surface area (Å²) in [6.45, 7) is 6.41. The smallest absolute Gasteiger partial charge is 0.204 e. The Kier molecular flexibility index (Phi) is 14.5. The van der Waals surface area contributed by atoms with E-state index in [4.69, 9.17) is 10.5 Å². The number of nitrogens with zero attached hydrogens (tertiary/aromatic N) is 1. The van der Waals surface area contributed by atoms with Crippen LogP contribution in [0.2, 0.25) is 0 Å². The number of allylic oxidation sites excluding steroid dienone is 1. The molecule has 0 aromatic carbocycles. The van der Waals surface area contributed by atoms with Gasteiger partial charge in [-0.3, -0.25) is 4.79 Å². The van der Waals surface area contributed by atoms with Gasteiger partial charge in [-0.1, -0.05) is 52.9 Å². The zero-order valence-corrected chi connectivity index (χ0v) is 21.5. The summed E-state index contributed by atoms with van der Waals surface area (Å²) >= 11 is 1.72. The van der Waals surface area contributed by atoms with Crippen LogP contribution in [-0.4, -0.2) is 42.9 Å². The van der Waals surface area contributed by atoms with Crippen molar-refractivity contribution in [2.45, 2.75) is 110 Å². The third kappa shape index (κ3) is 9.72. The number of rotatable bonds is 7. The Bertz CT molecular complexity index is 522. The van der Waals surface area contributed by atoms with Gasteiger partial charge >= 0.3 is 0 Å². The zero-order chi connectivity index (χ0) is 23.2. The molecule has 182 valence electrons. The van der Waals surface area contributed by atoms with Crippen molar-refractivity contribution in [3.63, 3.8) is 0 Å². The van der Waals surface area contributed by atoms with Crippen LogP contribution in [-0.2, 0) is 4.79 Å². The van der Waals surface area contributed by atoms with Crippen molar-refractivity contribution in [2.24, 2.45) is 23.3 Å². The molecule has 4 atom stereocenters. The number of nitrogens with two attached hydrogens (primary N) is 2. The van der Waals surface area contributed by atoms with E-state index in [1.54, 1.807) is 12.1 Å². The highest BCUT2D eigenvalue weighted by atomic mass is 32.2. The second kappa shape index (κ2) is 15.9. The van der Waals surface area contributed by atoms with Crippen LogP contribution in [0, 0.1) is 11.8 Å². The Morgan fingerprint density at radius 1 is 1.03 bits per heavy atom. The summed E-state index contributed by atoms with van der Waals surface area (Å²) in [6.07, 6.45) is 14.6. The van der Waals surface area contributed by atoms with Crippen molar-refractivity contribution < 1.29 is 4.79 Å². The fourth-order valence-corrected chi connectivity index (χ4v) is 5.77. The highest BCUT2D eigenvalue weighted by molar-refractivity contribution is 7.95. The van der Waals surface area contributed by atoms with Crippen molar-refractivity contribution in [3.8, 4) is 0 Å². The van der Waals surface area contributed by atoms with Gasteiger partial charge in [-0.15, -0.1) is 0 Å². The molecule has 0 saturated heterocycles. The Labute approximate surface area is 196 Å². The van der Waals surface area contributed by atoms with E-state index in [-0.39, 0.29) is 12.5 Å². The fourth-order valence-electron chi connectivity index (χ4n) is 5.21. The molecule has 0 aromatic heterocycles. The number of nitrogens with one attached hydrogen (secondary N) is 2. The molecule has 6 N–H and O–H groups in total. The van der Waals surface area contributed by atoms with E-state index in [0.717, 1.165) is 18.8 Å². The molecule has 0 bridgehead atoms. The van der Waals surface area contributed by atoms with Gasteiger partial charge in [-0.2, -0.15) is 0 Å². The van der Waals surface area contributed by atoms with Crippen molar-refractivity contribution in [2.75, 3.05) is 14.1 Å². The van der Waals surface area contributed by atoms with E-state index in [0.29, 0.717) is 18.0 Å². The Morgan fingerprint density at radius 2 is 1.68 bits per heavy atom. The number of carbonyl (C=O) groups is 1. The Morgan fingerprint density at radius 3 is 2.23 bits per heavy atom. The first-order valence-electron chi connectivity index (χ1n) is 12.5. The van der Waals surface area contributed by atoms with Crippen LogP contribution in [0.5, 0.6) is 0 Å². The molecule has 3 rings (SSSR count). The van der Waals surface area contributed by atoms with Crippen LogP contribution in [0.3, 0.4) is 0 Å². The van der Waals surface area contributed by atoms with E-state index in [1.165, 1.54) is 69.1 Å². The number of hydrogen-bond acceptors (Lipinski definition) is 6. The molecular weight excluding hydrogens is 406 g/mol. The second-order valence-electron chi connectivity index (χ2n) is 9.18. The molecule has 0 radical (unpaired) electrons. The van der Waals surface area contributed by atoms with E-state index in [9.17, 15) is 0 Å². The molecule has 6 nitrogen and oxygen atoms in total. The predicted molar refractivity (Wildman–Crippen MR) is 135 cm³/mol. The van der Waals surface area contributed by atoms with E-state index in [1.807, 2.05) is 13.8 Å². The molecule has 2 saturated carbocycles. The maximum atomic E-state index is 8.58. The van der Waals surface area contributed by atoms with Gasteiger partial charge in [0.05, 0.1) is 0 Å². The van der Waals surface area contributed by atoms with Crippen molar-refractivity contribution in [1.82, 2.24) is 14.3 Å². The van der Waals surface area contributed by atoms with E-state index >= 15 is 0 Å². The van der Waals surface area contributed by atoms with E-state index in [2.05, 4.69) is 41.1 Å². The average molecular weight is 456 g/mol. The topological polar surface area (TPSA) is 96.4 Å². The van der Waals surface area contributed by atoms with Gasteiger partial charge in [0.2, 0.25) is 6.41 Å². The fraction of sp³-hybridized carbons (Fsp3) is 0.875. The minimum absolute atomic E-state index is 0.243. The molecule has 1 amide bonds. The van der Waals surface area contributed by atoms with Gasteiger partial charge < -0.3 is 16.8 Å². The molecule has 2 fully saturated rings. The molecule has 0 aromatic rings. The summed E-state index contributed by atoms with van der Waals surface area (Å²) in [7, 11) is 4.19. The van der Waals surface area contributed by atoms with Gasteiger partial charge in [0, 0.05) is 36.0 Å².